The lowest BCUT2D eigenvalue weighted by Crippen LogP contribution is -2.24. The lowest BCUT2D eigenvalue weighted by molar-refractivity contribution is -0.118. The zero-order valence-corrected chi connectivity index (χ0v) is 15.4. The molecule has 0 saturated carbocycles. The van der Waals surface area contributed by atoms with E-state index in [0.717, 1.165) is 22.7 Å². The Bertz CT molecular complexity index is 873. The lowest BCUT2D eigenvalue weighted by Gasteiger charge is -2.06. The molecule has 3 rings (SSSR count). The fourth-order valence-electron chi connectivity index (χ4n) is 2.28. The van der Waals surface area contributed by atoms with Gasteiger partial charge in [-0.15, -0.1) is 10.2 Å². The van der Waals surface area contributed by atoms with Crippen LogP contribution in [-0.4, -0.2) is 26.4 Å². The molecule has 0 unspecified atom stereocenters. The Kier molecular flexibility index (Phi) is 5.45. The van der Waals surface area contributed by atoms with Crippen molar-refractivity contribution in [2.24, 2.45) is 7.05 Å². The molecule has 8 heteroatoms. The van der Waals surface area contributed by atoms with Gasteiger partial charge in [0, 0.05) is 18.6 Å². The zero-order chi connectivity index (χ0) is 17.8. The Labute approximate surface area is 154 Å². The van der Waals surface area contributed by atoms with Crippen LogP contribution in [0.5, 0.6) is 0 Å². The maximum absolute atomic E-state index is 12.0. The van der Waals surface area contributed by atoms with Gasteiger partial charge in [0.25, 0.3) is 0 Å². The molecule has 130 valence electrons. The van der Waals surface area contributed by atoms with Crippen molar-refractivity contribution < 1.29 is 9.21 Å². The van der Waals surface area contributed by atoms with Crippen LogP contribution < -0.4 is 5.32 Å². The van der Waals surface area contributed by atoms with Gasteiger partial charge in [-0.1, -0.05) is 35.5 Å². The Balaban J connectivity index is 1.55. The highest BCUT2D eigenvalue weighted by Crippen LogP contribution is 2.25. The molecule has 0 aliphatic heterocycles. The average Bonchev–Trinajstić information content (AvgIpc) is 3.18. The molecule has 0 saturated heterocycles. The maximum atomic E-state index is 12.0. The first-order valence-electron chi connectivity index (χ1n) is 7.62. The number of halogens is 1. The van der Waals surface area contributed by atoms with Crippen molar-refractivity contribution >= 4 is 29.3 Å². The predicted molar refractivity (Wildman–Crippen MR) is 97.5 cm³/mol. The number of nitrogens with one attached hydrogen (secondary N) is 1. The second-order valence-electron chi connectivity index (χ2n) is 5.45. The SMILES string of the molecule is Cc1occc1-c1nnc(SCC(=O)NCc2ccc(Cl)cc2)n1C. The largest absolute Gasteiger partial charge is 0.469 e. The molecule has 3 aromatic rings. The summed E-state index contributed by atoms with van der Waals surface area (Å²) >= 11 is 7.19. The fourth-order valence-corrected chi connectivity index (χ4v) is 3.14. The number of aromatic nitrogens is 3. The second kappa shape index (κ2) is 7.76. The van der Waals surface area contributed by atoms with E-state index < -0.39 is 0 Å². The standard InChI is InChI=1S/C17H17ClN4O2S/c1-11-14(7-8-24-11)16-20-21-17(22(16)2)25-10-15(23)19-9-12-3-5-13(18)6-4-12/h3-8H,9-10H2,1-2H3,(H,19,23). The minimum absolute atomic E-state index is 0.0657. The van der Waals surface area contributed by atoms with Crippen molar-refractivity contribution in [3.05, 3.63) is 52.9 Å². The molecule has 0 bridgehead atoms. The number of furan rings is 1. The number of amides is 1. The van der Waals surface area contributed by atoms with E-state index >= 15 is 0 Å². The maximum Gasteiger partial charge on any atom is 0.230 e. The van der Waals surface area contributed by atoms with E-state index in [1.807, 2.05) is 36.7 Å². The van der Waals surface area contributed by atoms with Crippen molar-refractivity contribution in [3.8, 4) is 11.4 Å². The quantitative estimate of drug-likeness (QED) is 0.667. The minimum Gasteiger partial charge on any atom is -0.469 e. The van der Waals surface area contributed by atoms with Gasteiger partial charge in [0.15, 0.2) is 11.0 Å². The first-order valence-corrected chi connectivity index (χ1v) is 8.98. The predicted octanol–water partition coefficient (Wildman–Crippen LogP) is 3.45. The van der Waals surface area contributed by atoms with Crippen molar-refractivity contribution in [1.29, 1.82) is 0 Å². The average molecular weight is 377 g/mol. The van der Waals surface area contributed by atoms with Crippen LogP contribution >= 0.6 is 23.4 Å². The minimum atomic E-state index is -0.0657. The molecular weight excluding hydrogens is 360 g/mol. The molecule has 0 spiro atoms. The molecule has 1 aromatic carbocycles. The van der Waals surface area contributed by atoms with Crippen molar-refractivity contribution in [2.45, 2.75) is 18.6 Å². The highest BCUT2D eigenvalue weighted by Gasteiger charge is 2.15. The number of thioether (sulfide) groups is 1. The van der Waals surface area contributed by atoms with Crippen LogP contribution in [0.1, 0.15) is 11.3 Å². The van der Waals surface area contributed by atoms with Crippen LogP contribution in [0.2, 0.25) is 5.02 Å². The summed E-state index contributed by atoms with van der Waals surface area (Å²) in [5.41, 5.74) is 1.90. The lowest BCUT2D eigenvalue weighted by atomic mass is 10.2. The molecule has 2 aromatic heterocycles. The van der Waals surface area contributed by atoms with E-state index in [2.05, 4.69) is 15.5 Å². The summed E-state index contributed by atoms with van der Waals surface area (Å²) in [5.74, 6) is 1.70. The third kappa shape index (κ3) is 4.24. The number of carbonyl (C=O) groups is 1. The summed E-state index contributed by atoms with van der Waals surface area (Å²) < 4.78 is 7.16. The number of carbonyl (C=O) groups excluding carboxylic acids is 1. The monoisotopic (exact) mass is 376 g/mol. The van der Waals surface area contributed by atoms with Gasteiger partial charge in [-0.05, 0) is 30.7 Å². The first kappa shape index (κ1) is 17.6. The van der Waals surface area contributed by atoms with E-state index in [1.54, 1.807) is 18.4 Å². The Morgan fingerprint density at radius 2 is 2.04 bits per heavy atom. The smallest absolute Gasteiger partial charge is 0.230 e. The van der Waals surface area contributed by atoms with Gasteiger partial charge in [-0.25, -0.2) is 0 Å². The molecule has 0 atom stereocenters. The van der Waals surface area contributed by atoms with E-state index in [-0.39, 0.29) is 11.7 Å². The fraction of sp³-hybridized carbons (Fsp3) is 0.235. The summed E-state index contributed by atoms with van der Waals surface area (Å²) in [6.45, 7) is 2.34. The summed E-state index contributed by atoms with van der Waals surface area (Å²) in [7, 11) is 1.87. The molecule has 0 fully saturated rings. The van der Waals surface area contributed by atoms with Crippen LogP contribution in [0.15, 0.2) is 46.2 Å². The third-order valence-electron chi connectivity index (χ3n) is 3.67. The van der Waals surface area contributed by atoms with E-state index in [0.29, 0.717) is 16.7 Å². The van der Waals surface area contributed by atoms with Gasteiger partial charge in [0.2, 0.25) is 5.91 Å². The number of hydrogen-bond donors (Lipinski definition) is 1. The molecule has 0 aliphatic rings. The van der Waals surface area contributed by atoms with E-state index in [1.165, 1.54) is 11.8 Å². The summed E-state index contributed by atoms with van der Waals surface area (Å²) in [6.07, 6.45) is 1.62. The van der Waals surface area contributed by atoms with Crippen LogP contribution in [0.25, 0.3) is 11.4 Å². The van der Waals surface area contributed by atoms with Gasteiger partial charge < -0.3 is 14.3 Å². The Morgan fingerprint density at radius 1 is 1.28 bits per heavy atom. The number of hydrogen-bond acceptors (Lipinski definition) is 5. The van der Waals surface area contributed by atoms with Crippen molar-refractivity contribution in [3.63, 3.8) is 0 Å². The number of nitrogens with zero attached hydrogens (tertiary/aromatic N) is 3. The molecule has 1 N–H and O–H groups in total. The number of aryl methyl sites for hydroxylation is 1. The molecular formula is C17H17ClN4O2S. The van der Waals surface area contributed by atoms with Crippen LogP contribution in [-0.2, 0) is 18.4 Å². The summed E-state index contributed by atoms with van der Waals surface area (Å²) in [4.78, 5) is 12.0. The van der Waals surface area contributed by atoms with Crippen LogP contribution in [0, 0.1) is 6.92 Å². The molecule has 1 amide bonds. The molecule has 6 nitrogen and oxygen atoms in total. The number of rotatable bonds is 6. The van der Waals surface area contributed by atoms with E-state index in [4.69, 9.17) is 16.0 Å². The highest BCUT2D eigenvalue weighted by molar-refractivity contribution is 7.99. The summed E-state index contributed by atoms with van der Waals surface area (Å²) in [5, 5.41) is 12.6. The summed E-state index contributed by atoms with van der Waals surface area (Å²) in [6, 6.07) is 9.23. The van der Waals surface area contributed by atoms with Gasteiger partial charge in [-0.3, -0.25) is 4.79 Å². The second-order valence-corrected chi connectivity index (χ2v) is 6.83. The normalized spacial score (nSPS) is 10.8. The van der Waals surface area contributed by atoms with Gasteiger partial charge in [0.1, 0.15) is 5.76 Å². The van der Waals surface area contributed by atoms with Gasteiger partial charge in [-0.2, -0.15) is 0 Å². The molecule has 0 radical (unpaired) electrons. The number of benzene rings is 1. The van der Waals surface area contributed by atoms with E-state index in [9.17, 15) is 4.79 Å². The zero-order valence-electron chi connectivity index (χ0n) is 13.8. The molecule has 2 heterocycles. The van der Waals surface area contributed by atoms with Crippen molar-refractivity contribution in [1.82, 2.24) is 20.1 Å². The Hall–Kier alpha value is -2.25. The topological polar surface area (TPSA) is 72.9 Å². The van der Waals surface area contributed by atoms with Crippen LogP contribution in [0.3, 0.4) is 0 Å². The van der Waals surface area contributed by atoms with Gasteiger partial charge >= 0.3 is 0 Å². The first-order chi connectivity index (χ1) is 12.0. The molecule has 0 aliphatic carbocycles. The van der Waals surface area contributed by atoms with Gasteiger partial charge in [0.05, 0.1) is 17.6 Å². The Morgan fingerprint density at radius 3 is 2.72 bits per heavy atom. The van der Waals surface area contributed by atoms with Crippen molar-refractivity contribution in [2.75, 3.05) is 5.75 Å². The highest BCUT2D eigenvalue weighted by atomic mass is 35.5. The molecule has 25 heavy (non-hydrogen) atoms. The van der Waals surface area contributed by atoms with Crippen LogP contribution in [0.4, 0.5) is 0 Å². The third-order valence-corrected chi connectivity index (χ3v) is 4.94.